The third kappa shape index (κ3) is 1.64. The van der Waals surface area contributed by atoms with Gasteiger partial charge in [-0.25, -0.2) is 4.79 Å². The highest BCUT2D eigenvalue weighted by atomic mass is 16.5. The number of fused-ring (bicyclic) bond motifs is 3. The van der Waals surface area contributed by atoms with Crippen LogP contribution in [0.5, 0.6) is 0 Å². The molecule has 0 amide bonds. The van der Waals surface area contributed by atoms with Gasteiger partial charge in [-0.05, 0) is 29.8 Å². The first-order valence-corrected chi connectivity index (χ1v) is 5.88. The molecule has 0 aliphatic rings. The largest absolute Gasteiger partial charge is 0.460 e. The summed E-state index contributed by atoms with van der Waals surface area (Å²) >= 11 is 0. The minimum absolute atomic E-state index is 0.253. The zero-order valence-corrected chi connectivity index (χ0v) is 9.97. The van der Waals surface area contributed by atoms with E-state index in [2.05, 4.69) is 0 Å². The third-order valence-corrected chi connectivity index (χ3v) is 2.90. The highest BCUT2D eigenvalue weighted by molar-refractivity contribution is 6.07. The van der Waals surface area contributed by atoms with Crippen LogP contribution in [0, 0.1) is 0 Å². The van der Waals surface area contributed by atoms with Crippen LogP contribution < -0.4 is 0 Å². The van der Waals surface area contributed by atoms with Crippen LogP contribution in [-0.2, 0) is 4.74 Å². The summed E-state index contributed by atoms with van der Waals surface area (Å²) in [6.07, 6.45) is 0. The number of furan rings is 1. The number of carbonyl (C=O) groups excluding carboxylic acids is 1. The van der Waals surface area contributed by atoms with Crippen molar-refractivity contribution in [2.75, 3.05) is 6.61 Å². The van der Waals surface area contributed by atoms with Gasteiger partial charge in [-0.3, -0.25) is 0 Å². The molecule has 0 unspecified atom stereocenters. The molecule has 3 nitrogen and oxygen atoms in total. The Morgan fingerprint density at radius 1 is 1.17 bits per heavy atom. The van der Waals surface area contributed by atoms with Gasteiger partial charge in [0.2, 0.25) is 5.76 Å². The van der Waals surface area contributed by atoms with Crippen LogP contribution in [0.2, 0.25) is 0 Å². The van der Waals surface area contributed by atoms with E-state index in [1.807, 2.05) is 36.4 Å². The highest BCUT2D eigenvalue weighted by Crippen LogP contribution is 2.28. The van der Waals surface area contributed by atoms with Crippen molar-refractivity contribution in [2.24, 2.45) is 0 Å². The number of rotatable bonds is 2. The molecule has 0 atom stereocenters. The molecule has 18 heavy (non-hydrogen) atoms. The number of hydrogen-bond donors (Lipinski definition) is 0. The predicted octanol–water partition coefficient (Wildman–Crippen LogP) is 3.76. The molecule has 1 aromatic heterocycles. The molecule has 0 spiro atoms. The Labute approximate surface area is 104 Å². The predicted molar refractivity (Wildman–Crippen MR) is 69.7 cm³/mol. The van der Waals surface area contributed by atoms with Gasteiger partial charge < -0.3 is 9.15 Å². The van der Waals surface area contributed by atoms with E-state index < -0.39 is 5.97 Å². The van der Waals surface area contributed by atoms with Gasteiger partial charge in [-0.15, -0.1) is 0 Å². The number of carbonyl (C=O) groups is 1. The molecular formula is C15H12O3. The van der Waals surface area contributed by atoms with Crippen molar-refractivity contribution in [3.8, 4) is 0 Å². The highest BCUT2D eigenvalue weighted by Gasteiger charge is 2.14. The maximum absolute atomic E-state index is 11.6. The van der Waals surface area contributed by atoms with Gasteiger partial charge >= 0.3 is 5.97 Å². The number of benzene rings is 2. The van der Waals surface area contributed by atoms with Crippen LogP contribution in [0.25, 0.3) is 21.7 Å². The van der Waals surface area contributed by atoms with Gasteiger partial charge in [0, 0.05) is 5.39 Å². The summed E-state index contributed by atoms with van der Waals surface area (Å²) in [5.74, 6) is -0.166. The Morgan fingerprint density at radius 3 is 2.83 bits per heavy atom. The van der Waals surface area contributed by atoms with Gasteiger partial charge in [0.1, 0.15) is 5.58 Å². The average Bonchev–Trinajstić information content (AvgIpc) is 2.83. The van der Waals surface area contributed by atoms with E-state index in [0.717, 1.165) is 16.2 Å². The number of ether oxygens (including phenoxy) is 1. The van der Waals surface area contributed by atoms with Crippen LogP contribution in [0.4, 0.5) is 0 Å². The first kappa shape index (κ1) is 10.8. The molecule has 0 aliphatic heterocycles. The Balaban J connectivity index is 2.22. The van der Waals surface area contributed by atoms with Crippen molar-refractivity contribution in [3.05, 3.63) is 48.2 Å². The first-order valence-electron chi connectivity index (χ1n) is 5.88. The van der Waals surface area contributed by atoms with Crippen LogP contribution in [0.1, 0.15) is 17.5 Å². The zero-order valence-electron chi connectivity index (χ0n) is 9.97. The van der Waals surface area contributed by atoms with Gasteiger partial charge in [0.25, 0.3) is 0 Å². The van der Waals surface area contributed by atoms with E-state index in [9.17, 15) is 4.79 Å². The lowest BCUT2D eigenvalue weighted by atomic mass is 10.1. The molecule has 0 N–H and O–H groups in total. The fraction of sp³-hybridized carbons (Fsp3) is 0.133. The average molecular weight is 240 g/mol. The lowest BCUT2D eigenvalue weighted by Gasteiger charge is -1.96. The quantitative estimate of drug-likeness (QED) is 0.640. The Kier molecular flexibility index (Phi) is 2.52. The molecule has 0 saturated heterocycles. The molecule has 1 heterocycles. The first-order chi connectivity index (χ1) is 8.79. The van der Waals surface area contributed by atoms with E-state index in [4.69, 9.17) is 9.15 Å². The monoisotopic (exact) mass is 240 g/mol. The summed E-state index contributed by atoms with van der Waals surface area (Å²) < 4.78 is 10.5. The van der Waals surface area contributed by atoms with Gasteiger partial charge in [-0.2, -0.15) is 0 Å². The van der Waals surface area contributed by atoms with Crippen LogP contribution in [0.15, 0.2) is 46.9 Å². The molecule has 0 fully saturated rings. The van der Waals surface area contributed by atoms with Crippen molar-refractivity contribution in [1.82, 2.24) is 0 Å². The van der Waals surface area contributed by atoms with Crippen molar-refractivity contribution >= 4 is 27.7 Å². The molecule has 0 radical (unpaired) electrons. The summed E-state index contributed by atoms with van der Waals surface area (Å²) in [6, 6.07) is 13.6. The minimum atomic E-state index is -0.419. The normalized spacial score (nSPS) is 10.9. The smallest absolute Gasteiger partial charge is 0.374 e. The van der Waals surface area contributed by atoms with E-state index in [1.54, 1.807) is 13.0 Å². The number of esters is 1. The summed E-state index contributed by atoms with van der Waals surface area (Å²) in [6.45, 7) is 2.12. The molecule has 0 aliphatic carbocycles. The molecular weight excluding hydrogens is 228 g/mol. The minimum Gasteiger partial charge on any atom is -0.460 e. The maximum Gasteiger partial charge on any atom is 0.374 e. The van der Waals surface area contributed by atoms with Crippen molar-refractivity contribution in [1.29, 1.82) is 0 Å². The second-order valence-electron chi connectivity index (χ2n) is 4.03. The van der Waals surface area contributed by atoms with Crippen molar-refractivity contribution in [2.45, 2.75) is 6.92 Å². The van der Waals surface area contributed by atoms with Crippen LogP contribution in [0.3, 0.4) is 0 Å². The summed E-state index contributed by atoms with van der Waals surface area (Å²) in [7, 11) is 0. The summed E-state index contributed by atoms with van der Waals surface area (Å²) in [5, 5.41) is 3.15. The van der Waals surface area contributed by atoms with Gasteiger partial charge in [0.15, 0.2) is 0 Å². The van der Waals surface area contributed by atoms with E-state index in [0.29, 0.717) is 12.2 Å². The van der Waals surface area contributed by atoms with E-state index in [1.165, 1.54) is 0 Å². The van der Waals surface area contributed by atoms with Crippen molar-refractivity contribution < 1.29 is 13.9 Å². The Morgan fingerprint density at radius 2 is 2.00 bits per heavy atom. The molecule has 0 saturated carbocycles. The summed E-state index contributed by atoms with van der Waals surface area (Å²) in [4.78, 5) is 11.6. The number of hydrogen-bond acceptors (Lipinski definition) is 3. The fourth-order valence-electron chi connectivity index (χ4n) is 2.10. The second-order valence-corrected chi connectivity index (χ2v) is 4.03. The van der Waals surface area contributed by atoms with Crippen LogP contribution in [-0.4, -0.2) is 12.6 Å². The SMILES string of the molecule is CCOC(=O)c1cc2c(ccc3ccccc32)o1. The Bertz CT molecular complexity index is 725. The maximum atomic E-state index is 11.6. The molecule has 3 rings (SSSR count). The van der Waals surface area contributed by atoms with Crippen molar-refractivity contribution in [3.63, 3.8) is 0 Å². The molecule has 90 valence electrons. The second kappa shape index (κ2) is 4.18. The lowest BCUT2D eigenvalue weighted by Crippen LogP contribution is -2.02. The third-order valence-electron chi connectivity index (χ3n) is 2.90. The van der Waals surface area contributed by atoms with E-state index >= 15 is 0 Å². The summed E-state index contributed by atoms with van der Waals surface area (Å²) in [5.41, 5.74) is 0.705. The molecule has 2 aromatic carbocycles. The zero-order chi connectivity index (χ0) is 12.5. The molecule has 3 heteroatoms. The van der Waals surface area contributed by atoms with E-state index in [-0.39, 0.29) is 5.76 Å². The van der Waals surface area contributed by atoms with Gasteiger partial charge in [-0.1, -0.05) is 30.3 Å². The molecule has 0 bridgehead atoms. The standard InChI is InChI=1S/C15H12O3/c1-2-17-15(16)14-9-12-11-6-4-3-5-10(11)7-8-13(12)18-14/h3-9H,2H2,1H3. The van der Waals surface area contributed by atoms with Crippen LogP contribution >= 0.6 is 0 Å². The molecule has 3 aromatic rings. The Hall–Kier alpha value is -2.29. The fourth-order valence-corrected chi connectivity index (χ4v) is 2.10. The topological polar surface area (TPSA) is 39.4 Å². The van der Waals surface area contributed by atoms with Gasteiger partial charge in [0.05, 0.1) is 6.61 Å². The lowest BCUT2D eigenvalue weighted by molar-refractivity contribution is 0.0492.